The maximum Gasteiger partial charge on any atom is 0.253 e. The van der Waals surface area contributed by atoms with E-state index in [2.05, 4.69) is 15.1 Å². The van der Waals surface area contributed by atoms with E-state index in [1.165, 1.54) is 0 Å². The van der Waals surface area contributed by atoms with Crippen molar-refractivity contribution in [2.45, 2.75) is 6.92 Å². The Balaban J connectivity index is 1.96. The minimum absolute atomic E-state index is 0.564. The second-order valence-electron chi connectivity index (χ2n) is 5.83. The molecule has 2 aromatic carbocycles. The molecule has 6 nitrogen and oxygen atoms in total. The number of hydrogen-bond donors (Lipinski definition) is 0. The molecular formula is C20H18N4O2. The van der Waals surface area contributed by atoms with E-state index in [9.17, 15) is 0 Å². The quantitative estimate of drug-likeness (QED) is 0.563. The molecular weight excluding hydrogens is 328 g/mol. The first-order valence-corrected chi connectivity index (χ1v) is 8.22. The van der Waals surface area contributed by atoms with Crippen molar-refractivity contribution in [3.8, 4) is 34.0 Å². The van der Waals surface area contributed by atoms with Gasteiger partial charge in [-0.15, -0.1) is 5.10 Å². The molecule has 0 fully saturated rings. The van der Waals surface area contributed by atoms with Crippen LogP contribution in [0.4, 0.5) is 0 Å². The standard InChI is InChI=1S/C20H18N4O2/c1-13-21-20-22-16(14-7-5-4-6-8-14)12-17(24(20)23-13)15-9-10-18(25-2)19(11-15)26-3/h4-12H,1-3H3. The molecule has 0 saturated carbocycles. The summed E-state index contributed by atoms with van der Waals surface area (Å²) in [6, 6.07) is 17.8. The largest absolute Gasteiger partial charge is 0.493 e. The average Bonchev–Trinajstić information content (AvgIpc) is 3.07. The second-order valence-corrected chi connectivity index (χ2v) is 5.83. The van der Waals surface area contributed by atoms with Crippen molar-refractivity contribution in [3.05, 3.63) is 60.4 Å². The first-order chi connectivity index (χ1) is 12.7. The molecule has 0 aliphatic heterocycles. The second kappa shape index (κ2) is 6.48. The van der Waals surface area contributed by atoms with E-state index in [1.807, 2.05) is 61.5 Å². The fourth-order valence-corrected chi connectivity index (χ4v) is 2.93. The zero-order valence-electron chi connectivity index (χ0n) is 14.8. The SMILES string of the molecule is COc1ccc(-c2cc(-c3ccccc3)nc3nc(C)nn23)cc1OC. The predicted molar refractivity (Wildman–Crippen MR) is 99.5 cm³/mol. The topological polar surface area (TPSA) is 61.5 Å². The molecule has 0 saturated heterocycles. The summed E-state index contributed by atoms with van der Waals surface area (Å²) in [5, 5.41) is 4.49. The molecule has 0 spiro atoms. The first kappa shape index (κ1) is 16.1. The summed E-state index contributed by atoms with van der Waals surface area (Å²) < 4.78 is 12.5. The van der Waals surface area contributed by atoms with Crippen LogP contribution in [0.1, 0.15) is 5.82 Å². The number of fused-ring (bicyclic) bond motifs is 1. The van der Waals surface area contributed by atoms with E-state index in [0.29, 0.717) is 23.1 Å². The van der Waals surface area contributed by atoms with E-state index in [0.717, 1.165) is 22.5 Å². The number of rotatable bonds is 4. The van der Waals surface area contributed by atoms with Crippen molar-refractivity contribution >= 4 is 5.78 Å². The first-order valence-electron chi connectivity index (χ1n) is 8.22. The number of benzene rings is 2. The molecule has 0 aliphatic carbocycles. The Kier molecular flexibility index (Phi) is 4.01. The van der Waals surface area contributed by atoms with E-state index in [1.54, 1.807) is 18.7 Å². The number of aromatic nitrogens is 4. The van der Waals surface area contributed by atoms with Gasteiger partial charge in [-0.25, -0.2) is 4.98 Å². The van der Waals surface area contributed by atoms with E-state index in [4.69, 9.17) is 9.47 Å². The maximum atomic E-state index is 5.44. The lowest BCUT2D eigenvalue weighted by molar-refractivity contribution is 0.355. The lowest BCUT2D eigenvalue weighted by Crippen LogP contribution is -1.99. The molecule has 0 N–H and O–H groups in total. The minimum Gasteiger partial charge on any atom is -0.493 e. The van der Waals surface area contributed by atoms with Crippen LogP contribution in [0.15, 0.2) is 54.6 Å². The van der Waals surface area contributed by atoms with Crippen molar-refractivity contribution < 1.29 is 9.47 Å². The number of nitrogens with zero attached hydrogens (tertiary/aromatic N) is 4. The molecule has 2 aromatic heterocycles. The van der Waals surface area contributed by atoms with Crippen LogP contribution >= 0.6 is 0 Å². The Hall–Kier alpha value is -3.41. The summed E-state index contributed by atoms with van der Waals surface area (Å²) in [4.78, 5) is 9.11. The normalized spacial score (nSPS) is 10.9. The van der Waals surface area contributed by atoms with Crippen LogP contribution in [0.2, 0.25) is 0 Å². The van der Waals surface area contributed by atoms with Gasteiger partial charge >= 0.3 is 0 Å². The van der Waals surface area contributed by atoms with Gasteiger partial charge in [0, 0.05) is 11.1 Å². The smallest absolute Gasteiger partial charge is 0.253 e. The summed E-state index contributed by atoms with van der Waals surface area (Å²) in [6.45, 7) is 1.86. The highest BCUT2D eigenvalue weighted by Crippen LogP contribution is 2.33. The highest BCUT2D eigenvalue weighted by molar-refractivity contribution is 5.72. The third-order valence-electron chi connectivity index (χ3n) is 4.17. The number of methoxy groups -OCH3 is 2. The molecule has 6 heteroatoms. The molecule has 2 heterocycles. The van der Waals surface area contributed by atoms with Gasteiger partial charge < -0.3 is 9.47 Å². The molecule has 4 aromatic rings. The van der Waals surface area contributed by atoms with Gasteiger partial charge in [-0.05, 0) is 31.2 Å². The molecule has 0 unspecified atom stereocenters. The average molecular weight is 346 g/mol. The molecule has 0 bridgehead atoms. The Labute approximate surface area is 151 Å². The third kappa shape index (κ3) is 2.75. The summed E-state index contributed by atoms with van der Waals surface area (Å²) in [5.41, 5.74) is 3.69. The van der Waals surface area contributed by atoms with Crippen molar-refractivity contribution in [3.63, 3.8) is 0 Å². The van der Waals surface area contributed by atoms with Crippen LogP contribution in [-0.4, -0.2) is 33.8 Å². The van der Waals surface area contributed by atoms with Gasteiger partial charge in [0.1, 0.15) is 5.82 Å². The summed E-state index contributed by atoms with van der Waals surface area (Å²) >= 11 is 0. The molecule has 0 aliphatic rings. The molecule has 0 amide bonds. The van der Waals surface area contributed by atoms with Gasteiger partial charge in [-0.3, -0.25) is 0 Å². The van der Waals surface area contributed by atoms with Crippen LogP contribution in [0.5, 0.6) is 11.5 Å². The van der Waals surface area contributed by atoms with Gasteiger partial charge in [0.05, 0.1) is 25.6 Å². The zero-order chi connectivity index (χ0) is 18.1. The van der Waals surface area contributed by atoms with Crippen molar-refractivity contribution in [1.29, 1.82) is 0 Å². The molecule has 130 valence electrons. The summed E-state index contributed by atoms with van der Waals surface area (Å²) in [7, 11) is 3.25. The van der Waals surface area contributed by atoms with Gasteiger partial charge in [0.15, 0.2) is 11.5 Å². The van der Waals surface area contributed by atoms with Crippen molar-refractivity contribution in [2.24, 2.45) is 0 Å². The molecule has 0 atom stereocenters. The van der Waals surface area contributed by atoms with Crippen molar-refractivity contribution in [2.75, 3.05) is 14.2 Å². The van der Waals surface area contributed by atoms with Gasteiger partial charge in [0.25, 0.3) is 5.78 Å². The highest BCUT2D eigenvalue weighted by atomic mass is 16.5. The Bertz CT molecular complexity index is 1070. The number of ether oxygens (including phenoxy) is 2. The minimum atomic E-state index is 0.564. The van der Waals surface area contributed by atoms with Gasteiger partial charge in [0.2, 0.25) is 0 Å². The lowest BCUT2D eigenvalue weighted by atomic mass is 10.1. The highest BCUT2D eigenvalue weighted by Gasteiger charge is 2.14. The predicted octanol–water partition coefficient (Wildman–Crippen LogP) is 3.78. The van der Waals surface area contributed by atoms with Crippen LogP contribution < -0.4 is 9.47 Å². The Morgan fingerprint density at radius 2 is 1.58 bits per heavy atom. The summed E-state index contributed by atoms with van der Waals surface area (Å²) in [5.74, 6) is 2.57. The van der Waals surface area contributed by atoms with E-state index in [-0.39, 0.29) is 0 Å². The summed E-state index contributed by atoms with van der Waals surface area (Å²) in [6.07, 6.45) is 0. The number of aryl methyl sites for hydroxylation is 1. The molecule has 4 rings (SSSR count). The van der Waals surface area contributed by atoms with Crippen LogP contribution in [0.25, 0.3) is 28.3 Å². The number of hydrogen-bond acceptors (Lipinski definition) is 5. The Morgan fingerprint density at radius 3 is 2.31 bits per heavy atom. The van der Waals surface area contributed by atoms with Crippen LogP contribution in [0.3, 0.4) is 0 Å². The van der Waals surface area contributed by atoms with E-state index < -0.39 is 0 Å². The zero-order valence-corrected chi connectivity index (χ0v) is 14.8. The molecule has 26 heavy (non-hydrogen) atoms. The maximum absolute atomic E-state index is 5.44. The lowest BCUT2D eigenvalue weighted by Gasteiger charge is -2.11. The van der Waals surface area contributed by atoms with Crippen molar-refractivity contribution in [1.82, 2.24) is 19.6 Å². The van der Waals surface area contributed by atoms with Crippen LogP contribution in [-0.2, 0) is 0 Å². The monoisotopic (exact) mass is 346 g/mol. The molecule has 0 radical (unpaired) electrons. The van der Waals surface area contributed by atoms with Gasteiger partial charge in [-0.2, -0.15) is 9.50 Å². The third-order valence-corrected chi connectivity index (χ3v) is 4.17. The fourth-order valence-electron chi connectivity index (χ4n) is 2.93. The Morgan fingerprint density at radius 1 is 0.808 bits per heavy atom. The van der Waals surface area contributed by atoms with Crippen LogP contribution in [0, 0.1) is 6.92 Å². The van der Waals surface area contributed by atoms with E-state index >= 15 is 0 Å². The van der Waals surface area contributed by atoms with Gasteiger partial charge in [-0.1, -0.05) is 30.3 Å². The fraction of sp³-hybridized carbons (Fsp3) is 0.150.